The average molecular weight is 332 g/mol. The van der Waals surface area contributed by atoms with Crippen molar-refractivity contribution < 1.29 is 9.59 Å². The fourth-order valence-electron chi connectivity index (χ4n) is 3.57. The Labute approximate surface area is 142 Å². The largest absolute Gasteiger partial charge is 0.342 e. The van der Waals surface area contributed by atoms with Crippen molar-refractivity contribution in [1.82, 2.24) is 9.80 Å². The predicted octanol–water partition coefficient (Wildman–Crippen LogP) is 2.91. The van der Waals surface area contributed by atoms with Gasteiger partial charge >= 0.3 is 0 Å². The molecule has 3 rings (SSSR count). The highest BCUT2D eigenvalue weighted by Gasteiger charge is 2.46. The van der Waals surface area contributed by atoms with E-state index in [9.17, 15) is 9.59 Å². The Morgan fingerprint density at radius 3 is 2.61 bits per heavy atom. The van der Waals surface area contributed by atoms with Gasteiger partial charge in [-0.15, -0.1) is 11.8 Å². The third kappa shape index (κ3) is 3.11. The first-order chi connectivity index (χ1) is 11.1. The van der Waals surface area contributed by atoms with Crippen molar-refractivity contribution in [2.24, 2.45) is 0 Å². The summed E-state index contributed by atoms with van der Waals surface area (Å²) in [5, 5.41) is 0. The second-order valence-electron chi connectivity index (χ2n) is 6.36. The van der Waals surface area contributed by atoms with Crippen LogP contribution in [0.15, 0.2) is 24.3 Å². The van der Waals surface area contributed by atoms with Crippen molar-refractivity contribution in [2.45, 2.75) is 38.0 Å². The summed E-state index contributed by atoms with van der Waals surface area (Å²) in [6.45, 7) is 6.25. The van der Waals surface area contributed by atoms with Crippen LogP contribution in [0.3, 0.4) is 0 Å². The molecule has 0 unspecified atom stereocenters. The molecule has 0 aromatic heterocycles. The van der Waals surface area contributed by atoms with Crippen LogP contribution in [0.1, 0.15) is 42.1 Å². The third-order valence-electron chi connectivity index (χ3n) is 4.89. The van der Waals surface area contributed by atoms with Crippen molar-refractivity contribution in [3.05, 3.63) is 35.4 Å². The van der Waals surface area contributed by atoms with E-state index in [1.807, 2.05) is 54.8 Å². The lowest BCUT2D eigenvalue weighted by Gasteiger charge is -2.44. The van der Waals surface area contributed by atoms with Gasteiger partial charge < -0.3 is 9.80 Å². The first-order valence-corrected chi connectivity index (χ1v) is 9.35. The highest BCUT2D eigenvalue weighted by molar-refractivity contribution is 8.00. The number of amides is 2. The first kappa shape index (κ1) is 16.4. The number of rotatable bonds is 2. The first-order valence-electron chi connectivity index (χ1n) is 8.36. The molecule has 0 bridgehead atoms. The van der Waals surface area contributed by atoms with E-state index in [1.165, 1.54) is 0 Å². The Bertz CT molecular complexity index is 609. The molecule has 23 heavy (non-hydrogen) atoms. The minimum atomic E-state index is -0.120. The molecule has 0 atom stereocenters. The van der Waals surface area contributed by atoms with Gasteiger partial charge in [-0.3, -0.25) is 9.59 Å². The summed E-state index contributed by atoms with van der Waals surface area (Å²) in [6.07, 6.45) is 2.31. The van der Waals surface area contributed by atoms with Crippen molar-refractivity contribution >= 4 is 23.6 Å². The van der Waals surface area contributed by atoms with Gasteiger partial charge in [0.05, 0.1) is 4.87 Å². The van der Waals surface area contributed by atoms with Gasteiger partial charge in [0.2, 0.25) is 5.91 Å². The molecule has 0 saturated carbocycles. The number of aryl methyl sites for hydroxylation is 1. The highest BCUT2D eigenvalue weighted by Crippen LogP contribution is 2.44. The minimum Gasteiger partial charge on any atom is -0.342 e. The van der Waals surface area contributed by atoms with Gasteiger partial charge in [0, 0.05) is 37.4 Å². The van der Waals surface area contributed by atoms with Gasteiger partial charge in [0.15, 0.2) is 0 Å². The topological polar surface area (TPSA) is 40.6 Å². The summed E-state index contributed by atoms with van der Waals surface area (Å²) >= 11 is 1.89. The van der Waals surface area contributed by atoms with Gasteiger partial charge in [-0.05, 0) is 31.9 Å². The molecule has 2 amide bonds. The molecule has 2 aliphatic rings. The zero-order valence-corrected chi connectivity index (χ0v) is 14.7. The summed E-state index contributed by atoms with van der Waals surface area (Å²) in [7, 11) is 0. The van der Waals surface area contributed by atoms with E-state index in [4.69, 9.17) is 0 Å². The van der Waals surface area contributed by atoms with Crippen LogP contribution in [0.2, 0.25) is 0 Å². The molecule has 2 aliphatic heterocycles. The molecular formula is C18H24N2O2S. The molecule has 1 spiro atoms. The van der Waals surface area contributed by atoms with E-state index in [2.05, 4.69) is 4.90 Å². The maximum Gasteiger partial charge on any atom is 0.255 e. The van der Waals surface area contributed by atoms with E-state index in [0.717, 1.165) is 49.4 Å². The molecule has 4 nitrogen and oxygen atoms in total. The molecule has 2 heterocycles. The fraction of sp³-hybridized carbons (Fsp3) is 0.556. The molecule has 0 radical (unpaired) electrons. The number of likely N-dealkylation sites (tertiary alicyclic amines) is 1. The van der Waals surface area contributed by atoms with Crippen LogP contribution in [0.5, 0.6) is 0 Å². The number of nitrogens with zero attached hydrogens (tertiary/aromatic N) is 2. The molecule has 0 aliphatic carbocycles. The Morgan fingerprint density at radius 2 is 1.96 bits per heavy atom. The van der Waals surface area contributed by atoms with E-state index < -0.39 is 0 Å². The molecule has 124 valence electrons. The Balaban J connectivity index is 1.76. The van der Waals surface area contributed by atoms with E-state index in [1.54, 1.807) is 0 Å². The fourth-order valence-corrected chi connectivity index (χ4v) is 5.03. The number of hydrogen-bond acceptors (Lipinski definition) is 3. The molecule has 1 aromatic carbocycles. The van der Waals surface area contributed by atoms with Gasteiger partial charge in [-0.1, -0.05) is 24.6 Å². The Morgan fingerprint density at radius 1 is 1.22 bits per heavy atom. The van der Waals surface area contributed by atoms with Gasteiger partial charge in [-0.25, -0.2) is 0 Å². The maximum atomic E-state index is 13.0. The maximum absolute atomic E-state index is 13.0. The summed E-state index contributed by atoms with van der Waals surface area (Å²) in [5.74, 6) is 1.34. The zero-order valence-electron chi connectivity index (χ0n) is 13.9. The van der Waals surface area contributed by atoms with Crippen molar-refractivity contribution in [1.29, 1.82) is 0 Å². The number of carbonyl (C=O) groups excluding carboxylic acids is 2. The second kappa shape index (κ2) is 6.56. The van der Waals surface area contributed by atoms with E-state index in [-0.39, 0.29) is 16.7 Å². The van der Waals surface area contributed by atoms with Crippen LogP contribution in [-0.4, -0.2) is 51.9 Å². The lowest BCUT2D eigenvalue weighted by molar-refractivity contribution is -0.132. The number of benzene rings is 1. The van der Waals surface area contributed by atoms with Crippen LogP contribution in [0, 0.1) is 6.92 Å². The summed E-state index contributed by atoms with van der Waals surface area (Å²) in [5.41, 5.74) is 1.89. The van der Waals surface area contributed by atoms with Crippen molar-refractivity contribution in [3.8, 4) is 0 Å². The number of piperidine rings is 1. The van der Waals surface area contributed by atoms with Crippen molar-refractivity contribution in [3.63, 3.8) is 0 Å². The summed E-state index contributed by atoms with van der Waals surface area (Å²) in [4.78, 5) is 28.7. The second-order valence-corrected chi connectivity index (χ2v) is 7.81. The molecule has 1 aromatic rings. The lowest BCUT2D eigenvalue weighted by Crippen LogP contribution is -2.53. The number of thioether (sulfide) groups is 1. The normalized spacial score (nSPS) is 20.1. The average Bonchev–Trinajstić information content (AvgIpc) is 2.97. The Hall–Kier alpha value is -1.49. The van der Waals surface area contributed by atoms with Gasteiger partial charge in [0.25, 0.3) is 5.91 Å². The van der Waals surface area contributed by atoms with Crippen LogP contribution in [0.25, 0.3) is 0 Å². The number of carbonyl (C=O) groups is 2. The third-order valence-corrected chi connectivity index (χ3v) is 6.44. The van der Waals surface area contributed by atoms with Gasteiger partial charge in [0.1, 0.15) is 0 Å². The molecule has 2 saturated heterocycles. The Kier molecular flexibility index (Phi) is 4.67. The monoisotopic (exact) mass is 332 g/mol. The summed E-state index contributed by atoms with van der Waals surface area (Å²) < 4.78 is 0. The quantitative estimate of drug-likeness (QED) is 0.836. The smallest absolute Gasteiger partial charge is 0.255 e. The van der Waals surface area contributed by atoms with Crippen LogP contribution in [-0.2, 0) is 4.79 Å². The molecule has 2 fully saturated rings. The van der Waals surface area contributed by atoms with Crippen LogP contribution in [0.4, 0.5) is 0 Å². The standard InChI is InChI=1S/C18H24N2O2S/c1-3-16(21)19-9-7-18(8-10-19)20(11-12-23-18)17(22)15-6-4-5-14(2)13-15/h4-6,13H,3,7-12H2,1-2H3. The van der Waals surface area contributed by atoms with Crippen LogP contribution < -0.4 is 0 Å². The van der Waals surface area contributed by atoms with E-state index >= 15 is 0 Å². The van der Waals surface area contributed by atoms with Crippen LogP contribution >= 0.6 is 11.8 Å². The molecular weight excluding hydrogens is 308 g/mol. The lowest BCUT2D eigenvalue weighted by atomic mass is 10.0. The minimum absolute atomic E-state index is 0.120. The summed E-state index contributed by atoms with van der Waals surface area (Å²) in [6, 6.07) is 7.83. The molecule has 0 N–H and O–H groups in total. The molecule has 5 heteroatoms. The van der Waals surface area contributed by atoms with E-state index in [0.29, 0.717) is 6.42 Å². The predicted molar refractivity (Wildman–Crippen MR) is 93.5 cm³/mol. The highest BCUT2D eigenvalue weighted by atomic mass is 32.2. The number of hydrogen-bond donors (Lipinski definition) is 0. The van der Waals surface area contributed by atoms with Crippen molar-refractivity contribution in [2.75, 3.05) is 25.4 Å². The zero-order chi connectivity index (χ0) is 16.4. The SMILES string of the molecule is CCC(=O)N1CCC2(CC1)SCCN2C(=O)c1cccc(C)c1. The van der Waals surface area contributed by atoms with Gasteiger partial charge in [-0.2, -0.15) is 0 Å².